The van der Waals surface area contributed by atoms with Gasteiger partial charge in [0.15, 0.2) is 5.43 Å². The predicted octanol–water partition coefficient (Wildman–Crippen LogP) is 2.38. The molecule has 466 valence electrons. The first-order valence-electron chi connectivity index (χ1n) is 27.6. The van der Waals surface area contributed by atoms with Gasteiger partial charge in [0.05, 0.1) is 24.0 Å². The Hall–Kier alpha value is -8.91. The maximum atomic E-state index is 14.3. The number of nitrogens with two attached hydrogens (primary N) is 2. The highest BCUT2D eigenvalue weighted by Crippen LogP contribution is 2.43. The predicted molar refractivity (Wildman–Crippen MR) is 321 cm³/mol. The van der Waals surface area contributed by atoms with Crippen LogP contribution < -0.4 is 58.6 Å². The smallest absolute Gasteiger partial charge is 0.508 e. The lowest BCUT2D eigenvalue weighted by molar-refractivity contribution is -0.134. The third-order valence-electron chi connectivity index (χ3n) is 13.3. The Balaban J connectivity index is 1.27. The van der Waals surface area contributed by atoms with Gasteiger partial charge in [-0.1, -0.05) is 52.3 Å². The van der Waals surface area contributed by atoms with E-state index in [1.165, 1.54) is 48.5 Å². The van der Waals surface area contributed by atoms with Gasteiger partial charge in [-0.3, -0.25) is 57.7 Å². The van der Waals surface area contributed by atoms with Crippen molar-refractivity contribution in [2.24, 2.45) is 28.3 Å². The molecule has 29 heteroatoms. The van der Waals surface area contributed by atoms with E-state index in [4.69, 9.17) is 28.1 Å². The summed E-state index contributed by atoms with van der Waals surface area (Å²) >= 11 is 4.83. The van der Waals surface area contributed by atoms with Crippen molar-refractivity contribution in [1.29, 1.82) is 0 Å². The van der Waals surface area contributed by atoms with E-state index in [-0.39, 0.29) is 77.9 Å². The minimum atomic E-state index is -4.96. The number of hydrogen-bond donors (Lipinski definition) is 13. The number of aromatic hydroxyl groups is 1. The van der Waals surface area contributed by atoms with Crippen molar-refractivity contribution in [3.8, 4) is 33.9 Å². The Labute approximate surface area is 504 Å². The van der Waals surface area contributed by atoms with E-state index in [0.29, 0.717) is 52.6 Å². The number of phenolic OH excluding ortho intramolecular Hbond substituents is 1. The van der Waals surface area contributed by atoms with Gasteiger partial charge in [0.1, 0.15) is 53.1 Å². The third-order valence-corrected chi connectivity index (χ3v) is 13.8. The molecule has 0 bridgehead atoms. The summed E-state index contributed by atoms with van der Waals surface area (Å²) in [5, 5.41) is 40.4. The van der Waals surface area contributed by atoms with Gasteiger partial charge in [-0.15, -0.1) is 0 Å². The quantitative estimate of drug-likeness (QED) is 0.00943. The summed E-state index contributed by atoms with van der Waals surface area (Å²) in [5.74, 6) is -7.82. The van der Waals surface area contributed by atoms with Crippen molar-refractivity contribution in [2.45, 2.75) is 116 Å². The summed E-state index contributed by atoms with van der Waals surface area (Å²) < 4.78 is 22.1. The number of phosphoric ester groups is 1. The molecule has 9 amide bonds. The van der Waals surface area contributed by atoms with Crippen LogP contribution in [0.5, 0.6) is 11.5 Å². The maximum absolute atomic E-state index is 14.3. The molecule has 1 aliphatic heterocycles. The second-order valence-electron chi connectivity index (χ2n) is 21.2. The number of amides is 9. The molecule has 0 aromatic heterocycles. The minimum absolute atomic E-state index is 0.0515. The van der Waals surface area contributed by atoms with E-state index in [1.807, 2.05) is 0 Å². The minimum Gasteiger partial charge on any atom is -0.508 e. The number of thiocarbonyl (C=S) groups is 1. The number of rotatable bonds is 33. The number of carbonyl (C=O) groups excluding carboxylic acids is 9. The summed E-state index contributed by atoms with van der Waals surface area (Å²) in [6.45, 7) is 5.69. The molecule has 3 aromatic carbocycles. The lowest BCUT2D eigenvalue weighted by Crippen LogP contribution is -2.58. The van der Waals surface area contributed by atoms with Gasteiger partial charge in [0.25, 0.3) is 5.91 Å². The van der Waals surface area contributed by atoms with E-state index in [2.05, 4.69) is 51.9 Å². The molecular formula is C58H71N10O17PS. The highest BCUT2D eigenvalue weighted by atomic mass is 32.1. The Morgan fingerprint density at radius 2 is 1.31 bits per heavy atom. The first-order chi connectivity index (χ1) is 41.1. The Kier molecular flexibility index (Phi) is 25.8. The van der Waals surface area contributed by atoms with Crippen LogP contribution in [-0.2, 0) is 49.3 Å². The average molecular weight is 1240 g/mol. The highest BCUT2D eigenvalue weighted by Gasteiger charge is 2.32. The molecule has 3 aromatic rings. The SMILES string of the molecule is CC(C)C[C@H](NC(=O)CNC(=O)[C@H](CCC(N)=O)NC(=O)[C@H](Cc1ccc(OP(=O)(O)O)cc1)NC(=O)[C@H](CC(C)C)NC(=O)CCCCCNC(=O)c1cc(N=C=S)ccc1-c1c2ccc(=O)cc-2oc2cc(O)ccc12)C(=O)N[C@@H](CO)C(N)=O. The van der Waals surface area contributed by atoms with Gasteiger partial charge in [-0.25, -0.2) is 4.57 Å². The van der Waals surface area contributed by atoms with Crippen molar-refractivity contribution >= 4 is 95.0 Å². The van der Waals surface area contributed by atoms with Gasteiger partial charge < -0.3 is 67.8 Å². The summed E-state index contributed by atoms with van der Waals surface area (Å²) in [7, 11) is -4.96. The van der Waals surface area contributed by atoms with E-state index in [9.17, 15) is 72.5 Å². The standard InChI is InChI=1S/C58H71N10O17PS/c1-31(2)22-43(64-50(73)8-6-5-7-21-61-54(76)41-25-34(63-30-87)11-16-38(41)52-39-17-12-35(70)26-47(39)84-48-27-36(71)13-18-40(48)52)56(78)67-45(24-33-9-14-37(15-10-33)85-86(81,82)83)58(80)66-42(19-20-49(59)72)55(77)62-28-51(74)65-44(23-32(3)4)57(79)68-46(29-69)53(60)75/h9-18,25-27,31-32,42-46,69-70H,5-8,19-24,28-29H2,1-4H3,(H2,59,72)(H2,60,75)(H,61,76)(H,62,77)(H,64,73)(H,65,74)(H,66,80)(H,67,78)(H,68,79)(H2,81,82,83)/t42-,43-,44-,45-,46-/m0/s1. The molecular weight excluding hydrogens is 1170 g/mol. The number of nitrogens with one attached hydrogen (secondary N) is 7. The number of aliphatic imine (C=N–C) groups is 1. The zero-order chi connectivity index (χ0) is 64.1. The van der Waals surface area contributed by atoms with Crippen molar-refractivity contribution in [3.63, 3.8) is 0 Å². The molecule has 0 saturated heterocycles. The van der Waals surface area contributed by atoms with Gasteiger partial charge in [0, 0.05) is 60.0 Å². The molecule has 0 unspecified atom stereocenters. The number of aliphatic hydroxyl groups is 1. The molecule has 0 fully saturated rings. The van der Waals surface area contributed by atoms with Gasteiger partial charge in [-0.2, -0.15) is 4.99 Å². The molecule has 0 radical (unpaired) electrons. The van der Waals surface area contributed by atoms with Gasteiger partial charge in [0.2, 0.25) is 47.3 Å². The summed E-state index contributed by atoms with van der Waals surface area (Å²) in [5.41, 5.74) is 13.0. The van der Waals surface area contributed by atoms with E-state index >= 15 is 0 Å². The Morgan fingerprint density at radius 1 is 0.690 bits per heavy atom. The van der Waals surface area contributed by atoms with Crippen LogP contribution in [0.3, 0.4) is 0 Å². The second-order valence-corrected chi connectivity index (χ2v) is 22.6. The number of unbranched alkanes of at least 4 members (excludes halogenated alkanes) is 2. The zero-order valence-corrected chi connectivity index (χ0v) is 49.8. The van der Waals surface area contributed by atoms with Crippen LogP contribution in [0.25, 0.3) is 33.4 Å². The molecule has 1 aliphatic carbocycles. The van der Waals surface area contributed by atoms with E-state index in [1.54, 1.807) is 58.0 Å². The fraction of sp³-hybridized carbons (Fsp3) is 0.397. The largest absolute Gasteiger partial charge is 0.524 e. The third kappa shape index (κ3) is 21.8. The van der Waals surface area contributed by atoms with Crippen LogP contribution in [-0.4, -0.2) is 128 Å². The van der Waals surface area contributed by atoms with Gasteiger partial charge >= 0.3 is 7.82 Å². The fourth-order valence-electron chi connectivity index (χ4n) is 9.15. The lowest BCUT2D eigenvalue weighted by atomic mass is 9.90. The van der Waals surface area contributed by atoms with Crippen LogP contribution in [0.1, 0.15) is 95.0 Å². The summed E-state index contributed by atoms with van der Waals surface area (Å²) in [6, 6.07) is 11.8. The number of isothiocyanates is 1. The molecule has 1 heterocycles. The van der Waals surface area contributed by atoms with Crippen molar-refractivity contribution in [3.05, 3.63) is 100 Å². The highest BCUT2D eigenvalue weighted by molar-refractivity contribution is 7.78. The normalized spacial score (nSPS) is 13.0. The van der Waals surface area contributed by atoms with Gasteiger partial charge in [-0.05, 0) is 116 Å². The summed E-state index contributed by atoms with van der Waals surface area (Å²) in [6.07, 6.45) is 0.145. The number of nitrogens with zero attached hydrogens (tertiary/aromatic N) is 1. The molecule has 87 heavy (non-hydrogen) atoms. The molecule has 2 aliphatic rings. The molecule has 0 spiro atoms. The zero-order valence-electron chi connectivity index (χ0n) is 48.1. The van der Waals surface area contributed by atoms with Crippen molar-refractivity contribution < 1.29 is 76.7 Å². The Bertz CT molecular complexity index is 3460. The number of fused-ring (bicyclic) bond motifs is 2. The van der Waals surface area contributed by atoms with Crippen LogP contribution in [0.15, 0.2) is 93.1 Å². The van der Waals surface area contributed by atoms with E-state index in [0.717, 1.165) is 0 Å². The summed E-state index contributed by atoms with van der Waals surface area (Å²) in [4.78, 5) is 155. The number of carbonyl (C=O) groups is 9. The topological polar surface area (TPSA) is 440 Å². The number of phosphoric acid groups is 1. The monoisotopic (exact) mass is 1240 g/mol. The molecule has 0 saturated carbocycles. The maximum Gasteiger partial charge on any atom is 0.524 e. The number of phenols is 1. The Morgan fingerprint density at radius 3 is 1.92 bits per heavy atom. The molecule has 27 nitrogen and oxygen atoms in total. The number of hydrogen-bond acceptors (Lipinski definition) is 17. The van der Waals surface area contributed by atoms with E-state index < -0.39 is 117 Å². The lowest BCUT2D eigenvalue weighted by Gasteiger charge is -2.26. The molecule has 15 N–H and O–H groups in total. The fourth-order valence-corrected chi connectivity index (χ4v) is 9.65. The van der Waals surface area contributed by atoms with Crippen LogP contribution in [0, 0.1) is 11.8 Å². The van der Waals surface area contributed by atoms with Crippen LogP contribution >= 0.6 is 20.0 Å². The number of aliphatic hydroxyl groups excluding tert-OH is 1. The first-order valence-corrected chi connectivity index (χ1v) is 29.6. The van der Waals surface area contributed by atoms with Crippen molar-refractivity contribution in [1.82, 2.24) is 37.2 Å². The number of benzene rings is 4. The second kappa shape index (κ2) is 32.6. The molecule has 5 rings (SSSR count). The van der Waals surface area contributed by atoms with Crippen molar-refractivity contribution in [2.75, 3.05) is 19.7 Å². The van der Waals surface area contributed by atoms with Crippen LogP contribution in [0.4, 0.5) is 5.69 Å². The van der Waals surface area contributed by atoms with Crippen LogP contribution in [0.2, 0.25) is 0 Å². The first kappa shape index (κ1) is 68.9. The average Bonchev–Trinajstić information content (AvgIpc) is 1.13. The molecule has 5 atom stereocenters. The number of primary amides is 2.